The summed E-state index contributed by atoms with van der Waals surface area (Å²) in [4.78, 5) is 23.5. The van der Waals surface area contributed by atoms with Gasteiger partial charge in [-0.25, -0.2) is 0 Å². The fourth-order valence-electron chi connectivity index (χ4n) is 0.802. The third kappa shape index (κ3) is 2.90. The van der Waals surface area contributed by atoms with Crippen molar-refractivity contribution in [2.45, 2.75) is 25.3 Å². The maximum Gasteiger partial charge on any atom is 0.231 e. The zero-order valence-corrected chi connectivity index (χ0v) is 7.46. The lowest BCUT2D eigenvalue weighted by molar-refractivity contribution is -0.134. The van der Waals surface area contributed by atoms with Gasteiger partial charge in [0.2, 0.25) is 11.8 Å². The Bertz CT molecular complexity index is 197. The molecule has 1 fully saturated rings. The molecule has 0 heterocycles. The number of carbonyl (C=O) groups is 2. The van der Waals surface area contributed by atoms with Crippen molar-refractivity contribution in [3.8, 4) is 0 Å². The van der Waals surface area contributed by atoms with Crippen molar-refractivity contribution in [1.82, 2.24) is 10.2 Å². The molecular weight excluding hydrogens is 156 g/mol. The van der Waals surface area contributed by atoms with E-state index in [4.69, 9.17) is 0 Å². The van der Waals surface area contributed by atoms with Crippen LogP contribution in [0, 0.1) is 0 Å². The van der Waals surface area contributed by atoms with E-state index in [0.29, 0.717) is 6.04 Å². The molecule has 68 valence electrons. The van der Waals surface area contributed by atoms with E-state index in [9.17, 15) is 9.59 Å². The number of hydrogen-bond acceptors (Lipinski definition) is 2. The van der Waals surface area contributed by atoms with Gasteiger partial charge in [0.1, 0.15) is 6.42 Å². The van der Waals surface area contributed by atoms with Crippen LogP contribution in [0.3, 0.4) is 0 Å². The first kappa shape index (κ1) is 9.03. The number of amides is 2. The number of hydrogen-bond donors (Lipinski definition) is 1. The number of nitrogens with one attached hydrogen (secondary N) is 1. The Labute approximate surface area is 71.9 Å². The molecule has 1 aliphatic rings. The summed E-state index contributed by atoms with van der Waals surface area (Å²) in [7, 11) is 3.29. The van der Waals surface area contributed by atoms with Gasteiger partial charge in [-0.05, 0) is 12.8 Å². The summed E-state index contributed by atoms with van der Waals surface area (Å²) in [5.41, 5.74) is 0. The molecule has 0 aliphatic heterocycles. The summed E-state index contributed by atoms with van der Waals surface area (Å²) >= 11 is 0. The molecule has 1 rings (SSSR count). The second-order valence-corrected chi connectivity index (χ2v) is 3.31. The Morgan fingerprint density at radius 1 is 1.42 bits per heavy atom. The van der Waals surface area contributed by atoms with E-state index in [2.05, 4.69) is 5.32 Å². The van der Waals surface area contributed by atoms with Gasteiger partial charge in [-0.3, -0.25) is 9.59 Å². The number of nitrogens with zero attached hydrogens (tertiary/aromatic N) is 1. The van der Waals surface area contributed by atoms with Crippen LogP contribution in [0.1, 0.15) is 19.3 Å². The molecule has 0 aromatic heterocycles. The highest BCUT2D eigenvalue weighted by Gasteiger charge is 2.24. The number of carbonyl (C=O) groups excluding carboxylic acids is 2. The second-order valence-electron chi connectivity index (χ2n) is 3.31. The zero-order chi connectivity index (χ0) is 9.14. The minimum atomic E-state index is -0.156. The Balaban J connectivity index is 2.20. The lowest BCUT2D eigenvalue weighted by Crippen LogP contribution is -2.32. The third-order valence-electron chi connectivity index (χ3n) is 1.75. The number of rotatable bonds is 3. The molecule has 0 saturated heterocycles. The van der Waals surface area contributed by atoms with Crippen LogP contribution in [0.25, 0.3) is 0 Å². The molecule has 1 N–H and O–H groups in total. The van der Waals surface area contributed by atoms with Crippen molar-refractivity contribution in [2.24, 2.45) is 0 Å². The molecule has 4 heteroatoms. The first-order chi connectivity index (χ1) is 5.59. The molecule has 1 saturated carbocycles. The molecule has 0 spiro atoms. The first-order valence-electron chi connectivity index (χ1n) is 4.09. The van der Waals surface area contributed by atoms with Crippen LogP contribution in [0.4, 0.5) is 0 Å². The normalized spacial score (nSPS) is 15.5. The molecule has 1 aliphatic carbocycles. The Hall–Kier alpha value is -1.06. The van der Waals surface area contributed by atoms with Crippen LogP contribution in [0.2, 0.25) is 0 Å². The monoisotopic (exact) mass is 170 g/mol. The topological polar surface area (TPSA) is 49.4 Å². The maximum atomic E-state index is 11.0. The lowest BCUT2D eigenvalue weighted by atomic mass is 10.3. The minimum Gasteiger partial charge on any atom is -0.353 e. The molecule has 0 radical (unpaired) electrons. The van der Waals surface area contributed by atoms with Crippen LogP contribution in [0.5, 0.6) is 0 Å². The molecule has 0 unspecified atom stereocenters. The molecule has 12 heavy (non-hydrogen) atoms. The Morgan fingerprint density at radius 2 is 2.00 bits per heavy atom. The first-order valence-corrected chi connectivity index (χ1v) is 4.09. The quantitative estimate of drug-likeness (QED) is 0.593. The fourth-order valence-corrected chi connectivity index (χ4v) is 0.802. The maximum absolute atomic E-state index is 11.0. The van der Waals surface area contributed by atoms with Gasteiger partial charge in [-0.1, -0.05) is 0 Å². The van der Waals surface area contributed by atoms with E-state index in [1.807, 2.05) is 0 Å². The van der Waals surface area contributed by atoms with Crippen LogP contribution >= 0.6 is 0 Å². The van der Waals surface area contributed by atoms with Gasteiger partial charge in [0.15, 0.2) is 0 Å². The van der Waals surface area contributed by atoms with E-state index in [1.54, 1.807) is 14.1 Å². The molecule has 2 amide bonds. The van der Waals surface area contributed by atoms with Crippen molar-refractivity contribution in [3.63, 3.8) is 0 Å². The summed E-state index contributed by atoms with van der Waals surface area (Å²) in [6.45, 7) is 0. The minimum absolute atomic E-state index is 0.0243. The Kier molecular flexibility index (Phi) is 2.68. The molecule has 0 bridgehead atoms. The average Bonchev–Trinajstić information content (AvgIpc) is 2.71. The highest BCUT2D eigenvalue weighted by molar-refractivity contribution is 5.96. The highest BCUT2D eigenvalue weighted by atomic mass is 16.2. The standard InChI is InChI=1S/C8H14N2O2/c1-10(2)8(12)5-7(11)9-6-3-4-6/h6H,3-5H2,1-2H3,(H,9,11). The predicted molar refractivity (Wildman–Crippen MR) is 44.5 cm³/mol. The van der Waals surface area contributed by atoms with E-state index in [-0.39, 0.29) is 18.2 Å². The zero-order valence-electron chi connectivity index (χ0n) is 7.46. The van der Waals surface area contributed by atoms with Gasteiger partial charge >= 0.3 is 0 Å². The predicted octanol–water partition coefficient (Wildman–Crippen LogP) is -0.257. The highest BCUT2D eigenvalue weighted by Crippen LogP contribution is 2.18. The molecule has 4 nitrogen and oxygen atoms in total. The van der Waals surface area contributed by atoms with Gasteiger partial charge in [-0.15, -0.1) is 0 Å². The van der Waals surface area contributed by atoms with Crippen molar-refractivity contribution in [3.05, 3.63) is 0 Å². The summed E-state index contributed by atoms with van der Waals surface area (Å²) in [6, 6.07) is 0.340. The smallest absolute Gasteiger partial charge is 0.231 e. The van der Waals surface area contributed by atoms with Crippen LogP contribution < -0.4 is 5.32 Å². The molecule has 0 aromatic rings. The molecule has 0 aromatic carbocycles. The summed E-state index contributed by atoms with van der Waals surface area (Å²) < 4.78 is 0. The van der Waals surface area contributed by atoms with Crippen LogP contribution in [-0.4, -0.2) is 36.9 Å². The molecular formula is C8H14N2O2. The van der Waals surface area contributed by atoms with E-state index in [1.165, 1.54) is 4.90 Å². The SMILES string of the molecule is CN(C)C(=O)CC(=O)NC1CC1. The second kappa shape index (κ2) is 3.56. The lowest BCUT2D eigenvalue weighted by Gasteiger charge is -2.09. The largest absolute Gasteiger partial charge is 0.353 e. The van der Waals surface area contributed by atoms with Gasteiger partial charge in [-0.2, -0.15) is 0 Å². The van der Waals surface area contributed by atoms with Crippen LogP contribution in [0.15, 0.2) is 0 Å². The van der Waals surface area contributed by atoms with Gasteiger partial charge in [0.05, 0.1) is 0 Å². The van der Waals surface area contributed by atoms with Crippen molar-refractivity contribution >= 4 is 11.8 Å². The van der Waals surface area contributed by atoms with E-state index < -0.39 is 0 Å². The summed E-state index contributed by atoms with van der Waals surface area (Å²) in [5.74, 6) is -0.302. The van der Waals surface area contributed by atoms with Crippen molar-refractivity contribution in [1.29, 1.82) is 0 Å². The van der Waals surface area contributed by atoms with Gasteiger partial charge in [0.25, 0.3) is 0 Å². The molecule has 0 atom stereocenters. The van der Waals surface area contributed by atoms with Crippen molar-refractivity contribution < 1.29 is 9.59 Å². The fraction of sp³-hybridized carbons (Fsp3) is 0.750. The van der Waals surface area contributed by atoms with Crippen molar-refractivity contribution in [2.75, 3.05) is 14.1 Å². The average molecular weight is 170 g/mol. The summed E-state index contributed by atoms with van der Waals surface area (Å²) in [6.07, 6.45) is 2.09. The third-order valence-corrected chi connectivity index (χ3v) is 1.75. The van der Waals surface area contributed by atoms with Gasteiger partial charge < -0.3 is 10.2 Å². The summed E-state index contributed by atoms with van der Waals surface area (Å²) in [5, 5.41) is 2.75. The van der Waals surface area contributed by atoms with E-state index in [0.717, 1.165) is 12.8 Å². The van der Waals surface area contributed by atoms with Crippen LogP contribution in [-0.2, 0) is 9.59 Å². The van der Waals surface area contributed by atoms with Gasteiger partial charge in [0, 0.05) is 20.1 Å². The Morgan fingerprint density at radius 3 is 2.42 bits per heavy atom. The van der Waals surface area contributed by atoms with E-state index >= 15 is 0 Å².